The summed E-state index contributed by atoms with van der Waals surface area (Å²) in [6.45, 7) is 2.64. The zero-order valence-corrected chi connectivity index (χ0v) is 10.5. The molecule has 0 bridgehead atoms. The Morgan fingerprint density at radius 1 is 1.50 bits per heavy atom. The number of nitriles is 1. The predicted octanol–water partition coefficient (Wildman–Crippen LogP) is 2.91. The zero-order chi connectivity index (χ0) is 13.0. The Bertz CT molecular complexity index is 478. The molecular formula is C14H17N3O. The number of carbonyl (C=O) groups is 1. The molecule has 0 radical (unpaired) electrons. The lowest BCUT2D eigenvalue weighted by Gasteiger charge is -2.31. The van der Waals surface area contributed by atoms with E-state index in [9.17, 15) is 4.79 Å². The van der Waals surface area contributed by atoms with Crippen molar-refractivity contribution in [2.24, 2.45) is 0 Å². The fraction of sp³-hybridized carbons (Fsp3) is 0.429. The largest absolute Gasteiger partial charge is 0.322 e. The molecule has 0 spiro atoms. The van der Waals surface area contributed by atoms with Crippen LogP contribution in [0.15, 0.2) is 24.3 Å². The SMILES string of the molecule is Cc1cccc(NC(=O)N2CCCCC2C#N)c1. The van der Waals surface area contributed by atoms with Crippen molar-refractivity contribution in [2.75, 3.05) is 11.9 Å². The van der Waals surface area contributed by atoms with Crippen molar-refractivity contribution in [3.8, 4) is 6.07 Å². The lowest BCUT2D eigenvalue weighted by atomic mass is 10.0. The highest BCUT2D eigenvalue weighted by Gasteiger charge is 2.26. The molecule has 1 aromatic carbocycles. The fourth-order valence-electron chi connectivity index (χ4n) is 2.23. The second kappa shape index (κ2) is 5.54. The number of nitrogens with one attached hydrogen (secondary N) is 1. The molecule has 4 nitrogen and oxygen atoms in total. The average Bonchev–Trinajstić information content (AvgIpc) is 2.38. The van der Waals surface area contributed by atoms with Crippen molar-refractivity contribution in [3.05, 3.63) is 29.8 Å². The molecule has 1 heterocycles. The summed E-state index contributed by atoms with van der Waals surface area (Å²) in [5.41, 5.74) is 1.88. The highest BCUT2D eigenvalue weighted by Crippen LogP contribution is 2.18. The molecular weight excluding hydrogens is 226 g/mol. The summed E-state index contributed by atoms with van der Waals surface area (Å²) in [7, 11) is 0. The van der Waals surface area contributed by atoms with Crippen LogP contribution in [0.5, 0.6) is 0 Å². The van der Waals surface area contributed by atoms with Crippen LogP contribution < -0.4 is 5.32 Å². The molecule has 2 amide bonds. The lowest BCUT2D eigenvalue weighted by Crippen LogP contribution is -2.45. The van der Waals surface area contributed by atoms with Gasteiger partial charge in [-0.3, -0.25) is 0 Å². The topological polar surface area (TPSA) is 56.1 Å². The predicted molar refractivity (Wildman–Crippen MR) is 70.2 cm³/mol. The van der Waals surface area contributed by atoms with E-state index in [1.807, 2.05) is 31.2 Å². The van der Waals surface area contributed by atoms with Crippen molar-refractivity contribution < 1.29 is 4.79 Å². The molecule has 1 unspecified atom stereocenters. The Hall–Kier alpha value is -2.02. The van der Waals surface area contributed by atoms with Gasteiger partial charge in [0.2, 0.25) is 0 Å². The van der Waals surface area contributed by atoms with Gasteiger partial charge >= 0.3 is 6.03 Å². The van der Waals surface area contributed by atoms with Crippen molar-refractivity contribution in [1.82, 2.24) is 4.90 Å². The number of urea groups is 1. The maximum Gasteiger partial charge on any atom is 0.322 e. The lowest BCUT2D eigenvalue weighted by molar-refractivity contribution is 0.182. The summed E-state index contributed by atoms with van der Waals surface area (Å²) in [5, 5.41) is 11.9. The number of aryl methyl sites for hydroxylation is 1. The van der Waals surface area contributed by atoms with Gasteiger partial charge in [-0.1, -0.05) is 12.1 Å². The third kappa shape index (κ3) is 2.80. The van der Waals surface area contributed by atoms with E-state index in [1.165, 1.54) is 0 Å². The third-order valence-electron chi connectivity index (χ3n) is 3.18. The van der Waals surface area contributed by atoms with Crippen molar-refractivity contribution in [1.29, 1.82) is 5.26 Å². The van der Waals surface area contributed by atoms with Gasteiger partial charge in [-0.15, -0.1) is 0 Å². The molecule has 18 heavy (non-hydrogen) atoms. The van der Waals surface area contributed by atoms with Crippen LogP contribution in [0.3, 0.4) is 0 Å². The number of hydrogen-bond donors (Lipinski definition) is 1. The first kappa shape index (κ1) is 12.4. The molecule has 94 valence electrons. The van der Waals surface area contributed by atoms with Crippen LogP contribution in [-0.2, 0) is 0 Å². The second-order valence-electron chi connectivity index (χ2n) is 4.63. The van der Waals surface area contributed by atoms with Crippen LogP contribution in [0, 0.1) is 18.3 Å². The van der Waals surface area contributed by atoms with E-state index >= 15 is 0 Å². The van der Waals surface area contributed by atoms with E-state index in [0.29, 0.717) is 6.54 Å². The number of piperidine rings is 1. The van der Waals surface area contributed by atoms with Gasteiger partial charge in [0.1, 0.15) is 6.04 Å². The van der Waals surface area contributed by atoms with Gasteiger partial charge < -0.3 is 10.2 Å². The molecule has 1 saturated heterocycles. The molecule has 0 aromatic heterocycles. The van der Waals surface area contributed by atoms with Crippen LogP contribution in [0.2, 0.25) is 0 Å². The first-order valence-electron chi connectivity index (χ1n) is 6.24. The van der Waals surface area contributed by atoms with Crippen molar-refractivity contribution >= 4 is 11.7 Å². The Labute approximate surface area is 107 Å². The number of anilines is 1. The van der Waals surface area contributed by atoms with Gasteiger partial charge in [-0.05, 0) is 43.9 Å². The molecule has 1 atom stereocenters. The van der Waals surface area contributed by atoms with E-state index < -0.39 is 0 Å². The summed E-state index contributed by atoms with van der Waals surface area (Å²) in [5.74, 6) is 0. The number of nitrogens with zero attached hydrogens (tertiary/aromatic N) is 2. The number of amides is 2. The molecule has 4 heteroatoms. The molecule has 1 aliphatic rings. The molecule has 1 fully saturated rings. The van der Waals surface area contributed by atoms with Crippen LogP contribution in [0.1, 0.15) is 24.8 Å². The summed E-state index contributed by atoms with van der Waals surface area (Å²) in [6, 6.07) is 9.40. The number of rotatable bonds is 1. The van der Waals surface area contributed by atoms with Crippen molar-refractivity contribution in [3.63, 3.8) is 0 Å². The number of benzene rings is 1. The molecule has 0 saturated carbocycles. The quantitative estimate of drug-likeness (QED) is 0.824. The highest BCUT2D eigenvalue weighted by atomic mass is 16.2. The minimum absolute atomic E-state index is 0.174. The summed E-state index contributed by atoms with van der Waals surface area (Å²) >= 11 is 0. The van der Waals surface area contributed by atoms with E-state index in [4.69, 9.17) is 5.26 Å². The molecule has 1 aromatic rings. The average molecular weight is 243 g/mol. The highest BCUT2D eigenvalue weighted by molar-refractivity contribution is 5.89. The van der Waals surface area contributed by atoms with Crippen LogP contribution in [0.4, 0.5) is 10.5 Å². The van der Waals surface area contributed by atoms with Gasteiger partial charge in [0.05, 0.1) is 6.07 Å². The molecule has 1 aliphatic heterocycles. The number of carbonyl (C=O) groups excluding carboxylic acids is 1. The van der Waals surface area contributed by atoms with E-state index in [1.54, 1.807) is 4.90 Å². The standard InChI is InChI=1S/C14H17N3O/c1-11-5-4-6-12(9-11)16-14(18)17-8-3-2-7-13(17)10-15/h4-6,9,13H,2-3,7-8H2,1H3,(H,16,18). The van der Waals surface area contributed by atoms with Gasteiger partial charge in [-0.2, -0.15) is 5.26 Å². The zero-order valence-electron chi connectivity index (χ0n) is 10.5. The summed E-state index contributed by atoms with van der Waals surface area (Å²) < 4.78 is 0. The first-order chi connectivity index (χ1) is 8.70. The number of likely N-dealkylation sites (tertiary alicyclic amines) is 1. The molecule has 2 rings (SSSR count). The minimum Gasteiger partial charge on any atom is -0.309 e. The van der Waals surface area contributed by atoms with Gasteiger partial charge in [0.15, 0.2) is 0 Å². The maximum absolute atomic E-state index is 12.1. The van der Waals surface area contributed by atoms with Crippen LogP contribution in [-0.4, -0.2) is 23.5 Å². The number of hydrogen-bond acceptors (Lipinski definition) is 2. The van der Waals surface area contributed by atoms with Gasteiger partial charge in [0.25, 0.3) is 0 Å². The van der Waals surface area contributed by atoms with Crippen LogP contribution >= 0.6 is 0 Å². The Morgan fingerprint density at radius 3 is 3.06 bits per heavy atom. The van der Waals surface area contributed by atoms with E-state index in [0.717, 1.165) is 30.5 Å². The monoisotopic (exact) mass is 243 g/mol. The normalized spacial score (nSPS) is 19.1. The minimum atomic E-state index is -0.288. The van der Waals surface area contributed by atoms with Crippen molar-refractivity contribution in [2.45, 2.75) is 32.2 Å². The third-order valence-corrected chi connectivity index (χ3v) is 3.18. The van der Waals surface area contributed by atoms with E-state index in [-0.39, 0.29) is 12.1 Å². The molecule has 1 N–H and O–H groups in total. The molecule has 0 aliphatic carbocycles. The smallest absolute Gasteiger partial charge is 0.309 e. The van der Waals surface area contributed by atoms with Gasteiger partial charge in [-0.25, -0.2) is 4.79 Å². The second-order valence-corrected chi connectivity index (χ2v) is 4.63. The summed E-state index contributed by atoms with van der Waals surface area (Å²) in [4.78, 5) is 13.7. The maximum atomic E-state index is 12.1. The Balaban J connectivity index is 2.05. The van der Waals surface area contributed by atoms with Crippen LogP contribution in [0.25, 0.3) is 0 Å². The fourth-order valence-corrected chi connectivity index (χ4v) is 2.23. The Kier molecular flexibility index (Phi) is 3.83. The van der Waals surface area contributed by atoms with Gasteiger partial charge in [0, 0.05) is 12.2 Å². The Morgan fingerprint density at radius 2 is 2.33 bits per heavy atom. The summed E-state index contributed by atoms with van der Waals surface area (Å²) in [6.07, 6.45) is 2.77. The first-order valence-corrected chi connectivity index (χ1v) is 6.24. The van der Waals surface area contributed by atoms with E-state index in [2.05, 4.69) is 11.4 Å².